The Hall–Kier alpha value is -1.17. The minimum Gasteiger partial charge on any atom is -0.468 e. The summed E-state index contributed by atoms with van der Waals surface area (Å²) in [5.41, 5.74) is 0. The van der Waals surface area contributed by atoms with Crippen molar-refractivity contribution in [3.8, 4) is 0 Å². The number of methoxy groups -OCH3 is 1. The average molecular weight is 262 g/mol. The van der Waals surface area contributed by atoms with E-state index >= 15 is 0 Å². The largest absolute Gasteiger partial charge is 0.468 e. The fourth-order valence-corrected chi connectivity index (χ4v) is 1.64. The van der Waals surface area contributed by atoms with E-state index in [0.717, 1.165) is 0 Å². The number of carbonyl (C=O) groups excluding carboxylic acids is 1. The highest BCUT2D eigenvalue weighted by Crippen LogP contribution is 2.34. The lowest BCUT2D eigenvalue weighted by molar-refractivity contribution is -0.526. The fourth-order valence-electron chi connectivity index (χ4n) is 1.15. The van der Waals surface area contributed by atoms with E-state index in [4.69, 9.17) is 0 Å². The summed E-state index contributed by atoms with van der Waals surface area (Å²) in [6.45, 7) is 0. The molecule has 0 spiro atoms. The molecule has 0 aromatic heterocycles. The highest BCUT2D eigenvalue weighted by atomic mass is 79.9. The Morgan fingerprint density at radius 2 is 2.29 bits per heavy atom. The maximum absolute atomic E-state index is 11.2. The Labute approximate surface area is 88.7 Å². The summed E-state index contributed by atoms with van der Waals surface area (Å²) in [5.74, 6) is -1.58. The molecular formula is C8H8BrNO4. The zero-order chi connectivity index (χ0) is 10.8. The average Bonchev–Trinajstić information content (AvgIpc) is 2.17. The van der Waals surface area contributed by atoms with Gasteiger partial charge in [0.05, 0.1) is 7.11 Å². The molecule has 1 rings (SSSR count). The summed E-state index contributed by atoms with van der Waals surface area (Å²) in [6.07, 6.45) is 5.83. The van der Waals surface area contributed by atoms with E-state index in [-0.39, 0.29) is 0 Å². The van der Waals surface area contributed by atoms with Crippen LogP contribution in [0.4, 0.5) is 0 Å². The van der Waals surface area contributed by atoms with E-state index < -0.39 is 21.3 Å². The van der Waals surface area contributed by atoms with Crippen molar-refractivity contribution in [1.29, 1.82) is 0 Å². The molecule has 0 fully saturated rings. The van der Waals surface area contributed by atoms with Crippen molar-refractivity contribution in [2.75, 3.05) is 7.11 Å². The van der Waals surface area contributed by atoms with Gasteiger partial charge in [-0.25, -0.2) is 0 Å². The molecule has 0 aromatic carbocycles. The molecule has 0 aromatic rings. The number of ether oxygens (including phenoxy) is 1. The lowest BCUT2D eigenvalue weighted by Gasteiger charge is -2.22. The predicted octanol–water partition coefficient (Wildman–Crippen LogP) is 1.27. The number of allylic oxidation sites excluding steroid dienone is 2. The monoisotopic (exact) mass is 261 g/mol. The second-order valence-corrected chi connectivity index (χ2v) is 4.00. The summed E-state index contributed by atoms with van der Waals surface area (Å²) in [4.78, 5) is 21.5. The zero-order valence-corrected chi connectivity index (χ0v) is 8.93. The molecule has 0 bridgehead atoms. The maximum atomic E-state index is 11.2. The molecule has 0 amide bonds. The van der Waals surface area contributed by atoms with Crippen LogP contribution in [0.1, 0.15) is 0 Å². The summed E-state index contributed by atoms with van der Waals surface area (Å²) < 4.78 is 2.89. The van der Waals surface area contributed by atoms with Crippen molar-refractivity contribution < 1.29 is 14.5 Å². The Balaban J connectivity index is 3.04. The first kappa shape index (κ1) is 10.9. The molecule has 0 saturated carbocycles. The van der Waals surface area contributed by atoms with E-state index in [0.29, 0.717) is 0 Å². The van der Waals surface area contributed by atoms with Crippen LogP contribution >= 0.6 is 15.9 Å². The van der Waals surface area contributed by atoms with Crippen molar-refractivity contribution in [3.63, 3.8) is 0 Å². The van der Waals surface area contributed by atoms with Crippen LogP contribution in [0.15, 0.2) is 24.3 Å². The second-order valence-electron chi connectivity index (χ2n) is 2.73. The summed E-state index contributed by atoms with van der Waals surface area (Å²) >= 11 is 2.93. The molecule has 1 aliphatic carbocycles. The topological polar surface area (TPSA) is 69.4 Å². The summed E-state index contributed by atoms with van der Waals surface area (Å²) in [6, 6.07) is 0. The van der Waals surface area contributed by atoms with E-state index in [1.807, 2.05) is 0 Å². The van der Waals surface area contributed by atoms with Gasteiger partial charge in [-0.1, -0.05) is 18.2 Å². The SMILES string of the molecule is COC(=O)C1C=CC=CC1(Br)[N+](=O)[O-]. The molecule has 14 heavy (non-hydrogen) atoms. The van der Waals surface area contributed by atoms with E-state index in [9.17, 15) is 14.9 Å². The molecule has 0 aliphatic heterocycles. The number of halogens is 1. The molecule has 0 heterocycles. The van der Waals surface area contributed by atoms with Crippen LogP contribution in [0.3, 0.4) is 0 Å². The van der Waals surface area contributed by atoms with Crippen LogP contribution in [0.5, 0.6) is 0 Å². The number of alkyl halides is 1. The maximum Gasteiger partial charge on any atom is 0.321 e. The first-order valence-electron chi connectivity index (χ1n) is 3.79. The third-order valence-electron chi connectivity index (χ3n) is 1.92. The van der Waals surface area contributed by atoms with Gasteiger partial charge >= 0.3 is 10.4 Å². The van der Waals surface area contributed by atoms with E-state index in [1.165, 1.54) is 25.3 Å². The van der Waals surface area contributed by atoms with Crippen molar-refractivity contribution >= 4 is 21.9 Å². The van der Waals surface area contributed by atoms with Gasteiger partial charge < -0.3 is 4.74 Å². The number of carbonyl (C=O) groups is 1. The number of nitro groups is 1. The lowest BCUT2D eigenvalue weighted by atomic mass is 9.95. The van der Waals surface area contributed by atoms with Gasteiger partial charge in [0.25, 0.3) is 0 Å². The molecule has 1 aliphatic rings. The van der Waals surface area contributed by atoms with Gasteiger partial charge in [0.2, 0.25) is 0 Å². The smallest absolute Gasteiger partial charge is 0.321 e. The van der Waals surface area contributed by atoms with Crippen LogP contribution in [0, 0.1) is 16.0 Å². The summed E-state index contributed by atoms with van der Waals surface area (Å²) in [7, 11) is 1.20. The molecule has 6 heteroatoms. The third-order valence-corrected chi connectivity index (χ3v) is 2.96. The number of rotatable bonds is 2. The van der Waals surface area contributed by atoms with Crippen molar-refractivity contribution in [3.05, 3.63) is 34.4 Å². The Bertz CT molecular complexity index is 325. The number of hydrogen-bond donors (Lipinski definition) is 0. The molecule has 0 saturated heterocycles. The van der Waals surface area contributed by atoms with Crippen molar-refractivity contribution in [2.24, 2.45) is 5.92 Å². The van der Waals surface area contributed by atoms with Crippen LogP contribution in [0.2, 0.25) is 0 Å². The van der Waals surface area contributed by atoms with Gasteiger partial charge in [0.15, 0.2) is 5.92 Å². The van der Waals surface area contributed by atoms with Gasteiger partial charge in [-0.3, -0.25) is 14.9 Å². The standard InChI is InChI=1S/C8H8BrNO4/c1-14-7(11)6-4-2-3-5-8(6,9)10(12)13/h2-6H,1H3. The summed E-state index contributed by atoms with van der Waals surface area (Å²) in [5, 5.41) is 10.8. The Kier molecular flexibility index (Phi) is 3.05. The van der Waals surface area contributed by atoms with Crippen LogP contribution < -0.4 is 0 Å². The first-order chi connectivity index (χ1) is 6.52. The van der Waals surface area contributed by atoms with Gasteiger partial charge in [0, 0.05) is 26.9 Å². The molecule has 0 radical (unpaired) electrons. The zero-order valence-electron chi connectivity index (χ0n) is 7.34. The van der Waals surface area contributed by atoms with Gasteiger partial charge in [-0.2, -0.15) is 0 Å². The van der Waals surface area contributed by atoms with E-state index in [2.05, 4.69) is 20.7 Å². The Morgan fingerprint density at radius 1 is 1.64 bits per heavy atom. The van der Waals surface area contributed by atoms with Crippen molar-refractivity contribution in [2.45, 2.75) is 4.45 Å². The normalized spacial score (nSPS) is 30.0. The molecular weight excluding hydrogens is 254 g/mol. The fraction of sp³-hybridized carbons (Fsp3) is 0.375. The molecule has 2 unspecified atom stereocenters. The molecule has 2 atom stereocenters. The minimum atomic E-state index is -1.59. The van der Waals surface area contributed by atoms with Crippen LogP contribution in [-0.4, -0.2) is 22.5 Å². The molecule has 0 N–H and O–H groups in total. The number of esters is 1. The molecule has 76 valence electrons. The van der Waals surface area contributed by atoms with Gasteiger partial charge in [-0.05, 0) is 0 Å². The van der Waals surface area contributed by atoms with Crippen LogP contribution in [-0.2, 0) is 9.53 Å². The first-order valence-corrected chi connectivity index (χ1v) is 4.59. The second kappa shape index (κ2) is 3.91. The van der Waals surface area contributed by atoms with Gasteiger partial charge in [-0.15, -0.1) is 0 Å². The minimum absolute atomic E-state index is 0.561. The predicted molar refractivity (Wildman–Crippen MR) is 52.4 cm³/mol. The lowest BCUT2D eigenvalue weighted by Crippen LogP contribution is -2.42. The molecule has 5 nitrogen and oxygen atoms in total. The number of hydrogen-bond acceptors (Lipinski definition) is 4. The van der Waals surface area contributed by atoms with Crippen LogP contribution in [0.25, 0.3) is 0 Å². The highest BCUT2D eigenvalue weighted by Gasteiger charge is 2.50. The van der Waals surface area contributed by atoms with Gasteiger partial charge in [0.1, 0.15) is 0 Å². The Morgan fingerprint density at radius 3 is 2.79 bits per heavy atom. The highest BCUT2D eigenvalue weighted by molar-refractivity contribution is 9.10. The van der Waals surface area contributed by atoms with Crippen molar-refractivity contribution in [1.82, 2.24) is 0 Å². The quantitative estimate of drug-likeness (QED) is 0.247. The third kappa shape index (κ3) is 1.70. The number of nitrogens with zero attached hydrogens (tertiary/aromatic N) is 1. The van der Waals surface area contributed by atoms with E-state index in [1.54, 1.807) is 6.08 Å².